The van der Waals surface area contributed by atoms with Gasteiger partial charge in [0.05, 0.1) is 17.3 Å². The summed E-state index contributed by atoms with van der Waals surface area (Å²) in [6.45, 7) is 0. The van der Waals surface area contributed by atoms with Crippen LogP contribution >= 0.6 is 11.8 Å². The molecule has 3 aromatic rings. The van der Waals surface area contributed by atoms with Crippen LogP contribution in [0.3, 0.4) is 0 Å². The van der Waals surface area contributed by atoms with E-state index in [1.165, 1.54) is 12.1 Å². The molecule has 0 N–H and O–H groups in total. The van der Waals surface area contributed by atoms with Gasteiger partial charge in [0, 0.05) is 11.3 Å². The van der Waals surface area contributed by atoms with E-state index in [9.17, 15) is 17.6 Å². The number of halogens is 1. The lowest BCUT2D eigenvalue weighted by molar-refractivity contribution is -0.144. The molecule has 1 aliphatic rings. The Labute approximate surface area is 177 Å². The van der Waals surface area contributed by atoms with E-state index in [4.69, 9.17) is 4.74 Å². The Morgan fingerprint density at radius 1 is 1.13 bits per heavy atom. The lowest BCUT2D eigenvalue weighted by Gasteiger charge is -2.12. The van der Waals surface area contributed by atoms with Gasteiger partial charge in [-0.3, -0.25) is 9.36 Å². The molecule has 0 amide bonds. The van der Waals surface area contributed by atoms with Crippen LogP contribution in [-0.2, 0) is 19.4 Å². The Morgan fingerprint density at radius 2 is 1.87 bits per heavy atom. The summed E-state index contributed by atoms with van der Waals surface area (Å²) in [5.41, 5.74) is 1.47. The smallest absolute Gasteiger partial charge is 0.316 e. The van der Waals surface area contributed by atoms with Gasteiger partial charge < -0.3 is 4.74 Å². The number of carbonyl (C=O) groups is 1. The fourth-order valence-electron chi connectivity index (χ4n) is 3.16. The maximum absolute atomic E-state index is 13.4. The number of aromatic nitrogens is 3. The quantitative estimate of drug-likeness (QED) is 0.424. The Balaban J connectivity index is 1.55. The molecule has 30 heavy (non-hydrogen) atoms. The van der Waals surface area contributed by atoms with Crippen LogP contribution in [0.5, 0.6) is 0 Å². The Hall–Kier alpha value is -2.72. The van der Waals surface area contributed by atoms with Crippen molar-refractivity contribution in [2.45, 2.75) is 17.7 Å². The van der Waals surface area contributed by atoms with Crippen LogP contribution in [0.25, 0.3) is 17.1 Å². The van der Waals surface area contributed by atoms with Crippen LogP contribution in [0.1, 0.15) is 6.42 Å². The van der Waals surface area contributed by atoms with Gasteiger partial charge in [-0.25, -0.2) is 12.8 Å². The van der Waals surface area contributed by atoms with Crippen LogP contribution < -0.4 is 0 Å². The lowest BCUT2D eigenvalue weighted by Crippen LogP contribution is -2.20. The summed E-state index contributed by atoms with van der Waals surface area (Å²) in [6, 6.07) is 15.3. The van der Waals surface area contributed by atoms with Gasteiger partial charge in [0.15, 0.2) is 20.8 Å². The average Bonchev–Trinajstić information content (AvgIpc) is 3.30. The molecule has 156 valence electrons. The fourth-order valence-corrected chi connectivity index (χ4v) is 5.48. The van der Waals surface area contributed by atoms with Crippen molar-refractivity contribution in [3.63, 3.8) is 0 Å². The van der Waals surface area contributed by atoms with Crippen molar-refractivity contribution in [1.82, 2.24) is 14.8 Å². The molecule has 1 fully saturated rings. The van der Waals surface area contributed by atoms with Gasteiger partial charge in [0.2, 0.25) is 0 Å². The second-order valence-corrected chi connectivity index (χ2v) is 9.96. The second-order valence-electron chi connectivity index (χ2n) is 6.79. The fraction of sp³-hybridized carbons (Fsp3) is 0.250. The average molecular weight is 448 g/mol. The number of thioether (sulfide) groups is 1. The third kappa shape index (κ3) is 4.71. The van der Waals surface area contributed by atoms with E-state index in [-0.39, 0.29) is 23.1 Å². The maximum Gasteiger partial charge on any atom is 0.316 e. The van der Waals surface area contributed by atoms with Crippen molar-refractivity contribution in [3.8, 4) is 17.1 Å². The second kappa shape index (κ2) is 8.57. The first-order valence-corrected chi connectivity index (χ1v) is 12.0. The van der Waals surface area contributed by atoms with Gasteiger partial charge in [-0.05, 0) is 30.7 Å². The van der Waals surface area contributed by atoms with Gasteiger partial charge >= 0.3 is 5.97 Å². The molecule has 2 aromatic carbocycles. The SMILES string of the molecule is O=C(CSc1nnc(-c2ccccc2)n1-c1ccc(F)cc1)O[C@H]1CCS(=O)(=O)C1. The summed E-state index contributed by atoms with van der Waals surface area (Å²) in [6.07, 6.45) is -0.277. The third-order valence-electron chi connectivity index (χ3n) is 4.56. The number of esters is 1. The van der Waals surface area contributed by atoms with E-state index < -0.39 is 21.9 Å². The topological polar surface area (TPSA) is 91.2 Å². The monoisotopic (exact) mass is 447 g/mol. The van der Waals surface area contributed by atoms with Crippen LogP contribution in [-0.4, -0.2) is 52.5 Å². The predicted octanol–water partition coefficient (Wildman–Crippen LogP) is 2.90. The molecule has 10 heteroatoms. The molecule has 0 spiro atoms. The minimum Gasteiger partial charge on any atom is -0.461 e. The van der Waals surface area contributed by atoms with Gasteiger partial charge in [-0.2, -0.15) is 0 Å². The van der Waals surface area contributed by atoms with E-state index >= 15 is 0 Å². The lowest BCUT2D eigenvalue weighted by atomic mass is 10.2. The molecule has 1 saturated heterocycles. The largest absolute Gasteiger partial charge is 0.461 e. The first kappa shape index (κ1) is 20.5. The molecule has 1 atom stereocenters. The third-order valence-corrected chi connectivity index (χ3v) is 7.20. The summed E-state index contributed by atoms with van der Waals surface area (Å²) < 4.78 is 43.5. The van der Waals surface area contributed by atoms with Crippen molar-refractivity contribution in [2.75, 3.05) is 17.3 Å². The highest BCUT2D eigenvalue weighted by molar-refractivity contribution is 7.99. The van der Waals surface area contributed by atoms with Gasteiger partial charge in [-0.15, -0.1) is 10.2 Å². The van der Waals surface area contributed by atoms with Crippen molar-refractivity contribution in [3.05, 3.63) is 60.4 Å². The minimum atomic E-state index is -3.12. The van der Waals surface area contributed by atoms with E-state index in [2.05, 4.69) is 10.2 Å². The zero-order valence-corrected chi connectivity index (χ0v) is 17.4. The number of benzene rings is 2. The predicted molar refractivity (Wildman–Crippen MR) is 111 cm³/mol. The standard InChI is InChI=1S/C20H18FN3O4S2/c21-15-6-8-16(9-7-15)24-19(14-4-2-1-3-5-14)22-23-20(24)29-12-18(25)28-17-10-11-30(26,27)13-17/h1-9,17H,10-13H2/t17-/m0/s1. The van der Waals surface area contributed by atoms with Crippen molar-refractivity contribution in [2.24, 2.45) is 0 Å². The number of nitrogens with zero attached hydrogens (tertiary/aromatic N) is 3. The summed E-state index contributed by atoms with van der Waals surface area (Å²) >= 11 is 1.12. The molecule has 2 heterocycles. The van der Waals surface area contributed by atoms with Crippen LogP contribution in [0, 0.1) is 5.82 Å². The zero-order chi connectivity index (χ0) is 21.1. The molecule has 0 unspecified atom stereocenters. The molecule has 4 rings (SSSR count). The normalized spacial score (nSPS) is 17.7. The first-order chi connectivity index (χ1) is 14.4. The Kier molecular flexibility index (Phi) is 5.87. The molecule has 0 radical (unpaired) electrons. The van der Waals surface area contributed by atoms with E-state index in [1.807, 2.05) is 30.3 Å². The van der Waals surface area contributed by atoms with E-state index in [0.717, 1.165) is 17.3 Å². The van der Waals surface area contributed by atoms with E-state index in [0.29, 0.717) is 23.1 Å². The van der Waals surface area contributed by atoms with Crippen LogP contribution in [0.4, 0.5) is 4.39 Å². The summed E-state index contributed by atoms with van der Waals surface area (Å²) in [5.74, 6) is -0.468. The molecular weight excluding hydrogens is 429 g/mol. The molecule has 0 saturated carbocycles. The molecular formula is C20H18FN3O4S2. The van der Waals surface area contributed by atoms with Gasteiger partial charge in [0.25, 0.3) is 0 Å². The Bertz CT molecular complexity index is 1150. The zero-order valence-electron chi connectivity index (χ0n) is 15.8. The van der Waals surface area contributed by atoms with Crippen molar-refractivity contribution < 1.29 is 22.3 Å². The van der Waals surface area contributed by atoms with Gasteiger partial charge in [-0.1, -0.05) is 42.1 Å². The molecule has 7 nitrogen and oxygen atoms in total. The number of rotatable bonds is 6. The van der Waals surface area contributed by atoms with E-state index in [1.54, 1.807) is 16.7 Å². The van der Waals surface area contributed by atoms with Crippen LogP contribution in [0.2, 0.25) is 0 Å². The number of ether oxygens (including phenoxy) is 1. The number of carbonyl (C=O) groups excluding carboxylic acids is 1. The van der Waals surface area contributed by atoms with Crippen LogP contribution in [0.15, 0.2) is 59.8 Å². The highest BCUT2D eigenvalue weighted by atomic mass is 32.2. The number of hydrogen-bond donors (Lipinski definition) is 0. The highest BCUT2D eigenvalue weighted by Crippen LogP contribution is 2.28. The van der Waals surface area contributed by atoms with Gasteiger partial charge in [0.1, 0.15) is 11.9 Å². The number of sulfone groups is 1. The molecule has 0 aliphatic carbocycles. The molecule has 1 aliphatic heterocycles. The summed E-state index contributed by atoms with van der Waals surface area (Å²) in [4.78, 5) is 12.2. The highest BCUT2D eigenvalue weighted by Gasteiger charge is 2.30. The number of hydrogen-bond acceptors (Lipinski definition) is 7. The summed E-state index contributed by atoms with van der Waals surface area (Å²) in [5, 5.41) is 8.89. The maximum atomic E-state index is 13.4. The molecule has 0 bridgehead atoms. The first-order valence-electron chi connectivity index (χ1n) is 9.21. The van der Waals surface area contributed by atoms with Crippen molar-refractivity contribution >= 4 is 27.6 Å². The van der Waals surface area contributed by atoms with Crippen molar-refractivity contribution in [1.29, 1.82) is 0 Å². The molecule has 1 aromatic heterocycles. The summed E-state index contributed by atoms with van der Waals surface area (Å²) in [7, 11) is -3.12. The Morgan fingerprint density at radius 3 is 2.53 bits per heavy atom. The minimum absolute atomic E-state index is 0.0391.